The van der Waals surface area contributed by atoms with E-state index in [-0.39, 0.29) is 17.9 Å². The average molecular weight is 269 g/mol. The molecule has 0 aromatic rings. The van der Waals surface area contributed by atoms with Gasteiger partial charge in [0.25, 0.3) is 0 Å². The second-order valence-electron chi connectivity index (χ2n) is 5.20. The molecule has 0 bridgehead atoms. The van der Waals surface area contributed by atoms with Crippen molar-refractivity contribution in [1.82, 2.24) is 15.5 Å². The van der Waals surface area contributed by atoms with Gasteiger partial charge >= 0.3 is 0 Å². The molecule has 0 spiro atoms. The molecule has 0 aromatic heterocycles. The highest BCUT2D eigenvalue weighted by molar-refractivity contribution is 5.89. The van der Waals surface area contributed by atoms with Gasteiger partial charge in [0, 0.05) is 19.6 Å². The fourth-order valence-corrected chi connectivity index (χ4v) is 2.50. The van der Waals surface area contributed by atoms with Crippen LogP contribution in [0.5, 0.6) is 0 Å². The molecule has 2 saturated heterocycles. The van der Waals surface area contributed by atoms with Crippen LogP contribution >= 0.6 is 0 Å². The number of hydrogen-bond acceptors (Lipinski definition) is 4. The lowest BCUT2D eigenvalue weighted by molar-refractivity contribution is -0.137. The molecule has 2 atom stereocenters. The zero-order valence-corrected chi connectivity index (χ0v) is 11.5. The molecule has 2 rings (SSSR count). The van der Waals surface area contributed by atoms with Gasteiger partial charge in [-0.3, -0.25) is 9.59 Å². The van der Waals surface area contributed by atoms with Crippen LogP contribution in [-0.2, 0) is 14.3 Å². The van der Waals surface area contributed by atoms with Crippen LogP contribution in [0.2, 0.25) is 0 Å². The Kier molecular flexibility index (Phi) is 5.15. The van der Waals surface area contributed by atoms with Crippen LogP contribution in [0.25, 0.3) is 0 Å². The number of ether oxygens (including phenoxy) is 1. The van der Waals surface area contributed by atoms with Crippen molar-refractivity contribution < 1.29 is 14.3 Å². The van der Waals surface area contributed by atoms with Gasteiger partial charge in [0.1, 0.15) is 12.1 Å². The van der Waals surface area contributed by atoms with E-state index < -0.39 is 6.04 Å². The number of hydrogen-bond donors (Lipinski definition) is 2. The number of rotatable bonds is 3. The number of amides is 2. The van der Waals surface area contributed by atoms with Crippen molar-refractivity contribution in [3.63, 3.8) is 0 Å². The van der Waals surface area contributed by atoms with Crippen molar-refractivity contribution in [2.45, 2.75) is 38.3 Å². The number of carbonyl (C=O) groups excluding carboxylic acids is 2. The zero-order chi connectivity index (χ0) is 13.7. The summed E-state index contributed by atoms with van der Waals surface area (Å²) in [6.07, 6.45) is 3.31. The van der Waals surface area contributed by atoms with Crippen LogP contribution < -0.4 is 10.6 Å². The number of piperidine rings is 1. The molecule has 2 aliphatic rings. The Hall–Kier alpha value is -1.14. The van der Waals surface area contributed by atoms with Gasteiger partial charge in [0.05, 0.1) is 13.2 Å². The fourth-order valence-electron chi connectivity index (χ4n) is 2.50. The summed E-state index contributed by atoms with van der Waals surface area (Å²) >= 11 is 0. The highest BCUT2D eigenvalue weighted by Crippen LogP contribution is 2.10. The van der Waals surface area contributed by atoms with Crippen LogP contribution in [-0.4, -0.2) is 61.6 Å². The molecular formula is C13H23N3O3. The van der Waals surface area contributed by atoms with E-state index in [0.29, 0.717) is 19.8 Å². The van der Waals surface area contributed by atoms with Crippen molar-refractivity contribution in [2.24, 2.45) is 0 Å². The minimum Gasteiger partial charge on any atom is -0.378 e. The minimum atomic E-state index is -0.464. The molecule has 2 aliphatic heterocycles. The molecule has 2 heterocycles. The minimum absolute atomic E-state index is 0.0183. The normalized spacial score (nSPS) is 25.7. The van der Waals surface area contributed by atoms with E-state index >= 15 is 0 Å². The molecule has 2 amide bonds. The summed E-state index contributed by atoms with van der Waals surface area (Å²) in [4.78, 5) is 26.0. The van der Waals surface area contributed by atoms with Crippen molar-refractivity contribution in [3.8, 4) is 0 Å². The van der Waals surface area contributed by atoms with Gasteiger partial charge in [-0.2, -0.15) is 0 Å². The summed E-state index contributed by atoms with van der Waals surface area (Å²) in [6, 6.07) is -0.806. The third-order valence-corrected chi connectivity index (χ3v) is 3.64. The number of morpholine rings is 1. The summed E-state index contributed by atoms with van der Waals surface area (Å²) in [5.74, 6) is -0.137. The topological polar surface area (TPSA) is 70.7 Å². The Morgan fingerprint density at radius 3 is 2.68 bits per heavy atom. The maximum Gasteiger partial charge on any atom is 0.244 e. The third-order valence-electron chi connectivity index (χ3n) is 3.64. The first-order chi connectivity index (χ1) is 9.18. The maximum atomic E-state index is 12.2. The Morgan fingerprint density at radius 2 is 2.05 bits per heavy atom. The van der Waals surface area contributed by atoms with E-state index in [2.05, 4.69) is 10.6 Å². The molecule has 0 saturated carbocycles. The Morgan fingerprint density at radius 1 is 1.32 bits per heavy atom. The van der Waals surface area contributed by atoms with E-state index in [1.54, 1.807) is 6.92 Å². The molecule has 2 unspecified atom stereocenters. The fraction of sp³-hybridized carbons (Fsp3) is 0.846. The van der Waals surface area contributed by atoms with Crippen LogP contribution in [0.4, 0.5) is 0 Å². The van der Waals surface area contributed by atoms with Gasteiger partial charge in [-0.15, -0.1) is 0 Å². The molecule has 0 radical (unpaired) electrons. The molecule has 2 N–H and O–H groups in total. The predicted octanol–water partition coefficient (Wildman–Crippen LogP) is -0.508. The lowest BCUT2D eigenvalue weighted by atomic mass is 10.1. The van der Waals surface area contributed by atoms with E-state index in [0.717, 1.165) is 25.9 Å². The van der Waals surface area contributed by atoms with Crippen molar-refractivity contribution in [1.29, 1.82) is 0 Å². The Bertz CT molecular complexity index is 323. The van der Waals surface area contributed by atoms with Crippen molar-refractivity contribution >= 4 is 11.8 Å². The highest BCUT2D eigenvalue weighted by Gasteiger charge is 2.27. The first-order valence-electron chi connectivity index (χ1n) is 7.09. The van der Waals surface area contributed by atoms with Crippen LogP contribution in [0.15, 0.2) is 0 Å². The Balaban J connectivity index is 1.80. The molecule has 6 nitrogen and oxygen atoms in total. The summed E-state index contributed by atoms with van der Waals surface area (Å²) < 4.78 is 5.24. The molecule has 2 fully saturated rings. The second-order valence-corrected chi connectivity index (χ2v) is 5.20. The first-order valence-corrected chi connectivity index (χ1v) is 7.09. The smallest absolute Gasteiger partial charge is 0.244 e. The standard InChI is InChI=1S/C13H23N3O3/c1-10(13(18)16-6-3-2-4-7-16)15-12(17)11-9-19-8-5-14-11/h10-11,14H,2-9H2,1H3,(H,15,17). The van der Waals surface area contributed by atoms with Crippen molar-refractivity contribution in [2.75, 3.05) is 32.8 Å². The first kappa shape index (κ1) is 14.3. The van der Waals surface area contributed by atoms with Gasteiger partial charge in [-0.05, 0) is 26.2 Å². The van der Waals surface area contributed by atoms with Gasteiger partial charge in [0.15, 0.2) is 0 Å². The lowest BCUT2D eigenvalue weighted by Gasteiger charge is -2.30. The van der Waals surface area contributed by atoms with Crippen LogP contribution in [0.3, 0.4) is 0 Å². The van der Waals surface area contributed by atoms with Gasteiger partial charge in [-0.1, -0.05) is 0 Å². The summed E-state index contributed by atoms with van der Waals surface area (Å²) in [7, 11) is 0. The zero-order valence-electron chi connectivity index (χ0n) is 11.5. The molecule has 6 heteroatoms. The van der Waals surface area contributed by atoms with Gasteiger partial charge in [0.2, 0.25) is 11.8 Å². The lowest BCUT2D eigenvalue weighted by Crippen LogP contribution is -2.56. The molecule has 19 heavy (non-hydrogen) atoms. The van der Waals surface area contributed by atoms with Crippen LogP contribution in [0, 0.1) is 0 Å². The number of nitrogens with zero attached hydrogens (tertiary/aromatic N) is 1. The number of nitrogens with one attached hydrogen (secondary N) is 2. The summed E-state index contributed by atoms with van der Waals surface area (Å²) in [5, 5.41) is 5.85. The molecule has 0 aromatic carbocycles. The second kappa shape index (κ2) is 6.86. The van der Waals surface area contributed by atoms with Crippen molar-refractivity contribution in [3.05, 3.63) is 0 Å². The number of carbonyl (C=O) groups is 2. The largest absolute Gasteiger partial charge is 0.378 e. The molecule has 0 aliphatic carbocycles. The van der Waals surface area contributed by atoms with E-state index in [4.69, 9.17) is 4.74 Å². The van der Waals surface area contributed by atoms with E-state index in [1.165, 1.54) is 6.42 Å². The third kappa shape index (κ3) is 3.91. The van der Waals surface area contributed by atoms with Gasteiger partial charge < -0.3 is 20.3 Å². The summed E-state index contributed by atoms with van der Waals surface area (Å²) in [5.41, 5.74) is 0. The monoisotopic (exact) mass is 269 g/mol. The predicted molar refractivity (Wildman–Crippen MR) is 70.6 cm³/mol. The average Bonchev–Trinajstić information content (AvgIpc) is 2.48. The van der Waals surface area contributed by atoms with Gasteiger partial charge in [-0.25, -0.2) is 0 Å². The highest BCUT2D eigenvalue weighted by atomic mass is 16.5. The molecule has 108 valence electrons. The number of likely N-dealkylation sites (tertiary alicyclic amines) is 1. The Labute approximate surface area is 113 Å². The molecular weight excluding hydrogens is 246 g/mol. The quantitative estimate of drug-likeness (QED) is 0.724. The SMILES string of the molecule is CC(NC(=O)C1COCCN1)C(=O)N1CCCCC1. The van der Waals surface area contributed by atoms with E-state index in [9.17, 15) is 9.59 Å². The summed E-state index contributed by atoms with van der Waals surface area (Å²) in [6.45, 7) is 5.04. The van der Waals surface area contributed by atoms with E-state index in [1.807, 2.05) is 4.90 Å². The maximum absolute atomic E-state index is 12.2. The van der Waals surface area contributed by atoms with Crippen LogP contribution in [0.1, 0.15) is 26.2 Å².